The fourth-order valence-electron chi connectivity index (χ4n) is 0.684. The first-order valence-electron chi connectivity index (χ1n) is 6.82. The lowest BCUT2D eigenvalue weighted by Crippen LogP contribution is -1.93. The Hall–Kier alpha value is -1.67. The van der Waals surface area contributed by atoms with Crippen LogP contribution in [-0.2, 0) is 0 Å². The minimum absolute atomic E-state index is 0.544. The van der Waals surface area contributed by atoms with Crippen LogP contribution in [0.1, 0.15) is 26.7 Å². The van der Waals surface area contributed by atoms with E-state index in [1.165, 1.54) is 0 Å². The molecule has 0 saturated heterocycles. The molecule has 22 heavy (non-hydrogen) atoms. The molecule has 0 aliphatic rings. The minimum Gasteiger partial charge on any atom is -0.330 e. The Balaban J connectivity index is 0. The Labute approximate surface area is 142 Å². The van der Waals surface area contributed by atoms with E-state index < -0.39 is 0 Å². The van der Waals surface area contributed by atoms with Gasteiger partial charge in [0.05, 0.1) is 6.07 Å². The van der Waals surface area contributed by atoms with E-state index in [-0.39, 0.29) is 0 Å². The second-order valence-corrected chi connectivity index (χ2v) is 4.38. The summed E-state index contributed by atoms with van der Waals surface area (Å²) in [6.07, 6.45) is 5.03. The zero-order valence-electron chi connectivity index (χ0n) is 12.9. The van der Waals surface area contributed by atoms with Gasteiger partial charge in [0.15, 0.2) is 0 Å². The van der Waals surface area contributed by atoms with Crippen LogP contribution in [0.25, 0.3) is 0 Å². The van der Waals surface area contributed by atoms with E-state index in [1.54, 1.807) is 24.5 Å². The lowest BCUT2D eigenvalue weighted by atomic mass is 10.5. The molecule has 0 radical (unpaired) electrons. The Morgan fingerprint density at radius 3 is 1.45 bits per heavy atom. The molecule has 6 heteroatoms. The smallest absolute Gasteiger partial charge is 0.129 e. The van der Waals surface area contributed by atoms with Crippen molar-refractivity contribution in [3.05, 3.63) is 59.1 Å². The molecule has 0 unspecified atom stereocenters. The third-order valence-electron chi connectivity index (χ3n) is 1.70. The summed E-state index contributed by atoms with van der Waals surface area (Å²) in [5.74, 6) is 0. The summed E-state index contributed by atoms with van der Waals surface area (Å²) in [5, 5.41) is 8.71. The number of halogens is 2. The van der Waals surface area contributed by atoms with Gasteiger partial charge in [-0.1, -0.05) is 49.2 Å². The summed E-state index contributed by atoms with van der Waals surface area (Å²) in [7, 11) is 0. The van der Waals surface area contributed by atoms with Gasteiger partial charge in [-0.05, 0) is 37.2 Å². The fraction of sp³-hybridized carbons (Fsp3) is 0.312. The highest BCUT2D eigenvalue weighted by atomic mass is 35.5. The van der Waals surface area contributed by atoms with Crippen LogP contribution >= 0.6 is 23.2 Å². The Bertz CT molecular complexity index is 433. The van der Waals surface area contributed by atoms with Gasteiger partial charge in [0, 0.05) is 18.8 Å². The van der Waals surface area contributed by atoms with Crippen LogP contribution in [0.5, 0.6) is 0 Å². The molecule has 2 heterocycles. The largest absolute Gasteiger partial charge is 0.330 e. The molecule has 120 valence electrons. The maximum Gasteiger partial charge on any atom is 0.129 e. The molecule has 2 aromatic heterocycles. The Kier molecular flexibility index (Phi) is 19.9. The highest BCUT2D eigenvalue weighted by molar-refractivity contribution is 6.29. The monoisotopic (exact) mass is 340 g/mol. The number of nitriles is 1. The van der Waals surface area contributed by atoms with E-state index in [9.17, 15) is 0 Å². The van der Waals surface area contributed by atoms with Gasteiger partial charge in [-0.15, -0.1) is 0 Å². The van der Waals surface area contributed by atoms with Gasteiger partial charge in [-0.3, -0.25) is 0 Å². The van der Waals surface area contributed by atoms with Crippen LogP contribution in [-0.4, -0.2) is 16.5 Å². The Morgan fingerprint density at radius 1 is 1.00 bits per heavy atom. The van der Waals surface area contributed by atoms with Gasteiger partial charge >= 0.3 is 0 Å². The van der Waals surface area contributed by atoms with Gasteiger partial charge in [0.2, 0.25) is 0 Å². The van der Waals surface area contributed by atoms with Crippen molar-refractivity contribution in [3.8, 4) is 6.07 Å². The number of hydrogen-bond acceptors (Lipinski definition) is 4. The zero-order chi connectivity index (χ0) is 17.1. The molecule has 0 bridgehead atoms. The SMILES string of the molecule is CCC#N.CCCN.Clc1ccccn1.Clc1ccccn1. The van der Waals surface area contributed by atoms with E-state index in [0.717, 1.165) is 13.0 Å². The van der Waals surface area contributed by atoms with Crippen LogP contribution < -0.4 is 5.73 Å². The van der Waals surface area contributed by atoms with Crippen LogP contribution in [0.4, 0.5) is 0 Å². The molecule has 4 nitrogen and oxygen atoms in total. The predicted octanol–water partition coefficient (Wildman–Crippen LogP) is 4.75. The molecule has 0 atom stereocenters. The summed E-state index contributed by atoms with van der Waals surface area (Å²) >= 11 is 10.9. The third kappa shape index (κ3) is 20.6. The number of nitrogens with zero attached hydrogens (tertiary/aromatic N) is 3. The maximum atomic E-state index is 7.62. The van der Waals surface area contributed by atoms with Crippen molar-refractivity contribution < 1.29 is 0 Å². The van der Waals surface area contributed by atoms with Gasteiger partial charge < -0.3 is 5.73 Å². The highest BCUT2D eigenvalue weighted by Gasteiger charge is 1.77. The summed E-state index contributed by atoms with van der Waals surface area (Å²) in [4.78, 5) is 7.49. The standard InChI is InChI=1S/2C5H4ClN.C3H9N.C3H5N/c2*6-5-3-1-2-4-7-5;2*1-2-3-4/h2*1-4H;2-4H2,1H3;2H2,1H3. The number of nitrogens with two attached hydrogens (primary N) is 1. The van der Waals surface area contributed by atoms with Crippen molar-refractivity contribution in [2.45, 2.75) is 26.7 Å². The molecular formula is C16H22Cl2N4. The summed E-state index contributed by atoms with van der Waals surface area (Å²) in [6.45, 7) is 4.69. The van der Waals surface area contributed by atoms with Crippen LogP contribution in [0, 0.1) is 11.3 Å². The minimum atomic E-state index is 0.544. The van der Waals surface area contributed by atoms with Gasteiger partial charge in [-0.2, -0.15) is 5.26 Å². The normalized spacial score (nSPS) is 7.82. The average molecular weight is 341 g/mol. The van der Waals surface area contributed by atoms with Crippen LogP contribution in [0.2, 0.25) is 10.3 Å². The number of pyridine rings is 2. The van der Waals surface area contributed by atoms with Crippen molar-refractivity contribution in [2.24, 2.45) is 5.73 Å². The first-order valence-corrected chi connectivity index (χ1v) is 7.57. The summed E-state index contributed by atoms with van der Waals surface area (Å²) < 4.78 is 0. The van der Waals surface area contributed by atoms with E-state index in [2.05, 4.69) is 16.9 Å². The molecular weight excluding hydrogens is 319 g/mol. The number of rotatable bonds is 1. The quantitative estimate of drug-likeness (QED) is 0.760. The molecule has 0 aliphatic carbocycles. The van der Waals surface area contributed by atoms with Crippen molar-refractivity contribution in [1.29, 1.82) is 5.26 Å². The van der Waals surface area contributed by atoms with Gasteiger partial charge in [0.25, 0.3) is 0 Å². The molecule has 0 amide bonds. The second-order valence-electron chi connectivity index (χ2n) is 3.61. The van der Waals surface area contributed by atoms with Gasteiger partial charge in [-0.25, -0.2) is 9.97 Å². The first kappa shape index (κ1) is 22.6. The number of aromatic nitrogens is 2. The Morgan fingerprint density at radius 2 is 1.36 bits per heavy atom. The summed E-state index contributed by atoms with van der Waals surface area (Å²) in [5.41, 5.74) is 5.03. The van der Waals surface area contributed by atoms with Gasteiger partial charge in [0.1, 0.15) is 10.3 Å². The molecule has 0 aromatic carbocycles. The van der Waals surface area contributed by atoms with E-state index >= 15 is 0 Å². The highest BCUT2D eigenvalue weighted by Crippen LogP contribution is 1.98. The zero-order valence-corrected chi connectivity index (χ0v) is 14.4. The van der Waals surface area contributed by atoms with E-state index in [4.69, 9.17) is 34.2 Å². The van der Waals surface area contributed by atoms with Crippen molar-refractivity contribution >= 4 is 23.2 Å². The number of hydrogen-bond donors (Lipinski definition) is 1. The fourth-order valence-corrected chi connectivity index (χ4v) is 0.942. The van der Waals surface area contributed by atoms with Crippen LogP contribution in [0.15, 0.2) is 48.8 Å². The maximum absolute atomic E-state index is 7.62. The molecule has 2 aromatic rings. The molecule has 0 spiro atoms. The topological polar surface area (TPSA) is 75.6 Å². The molecule has 2 N–H and O–H groups in total. The molecule has 0 aliphatic heterocycles. The van der Waals surface area contributed by atoms with Crippen molar-refractivity contribution in [1.82, 2.24) is 9.97 Å². The predicted molar refractivity (Wildman–Crippen MR) is 93.7 cm³/mol. The molecule has 0 saturated carbocycles. The first-order chi connectivity index (χ1) is 10.6. The van der Waals surface area contributed by atoms with E-state index in [1.807, 2.05) is 37.3 Å². The lowest BCUT2D eigenvalue weighted by Gasteiger charge is -1.79. The molecule has 2 rings (SSSR count). The third-order valence-corrected chi connectivity index (χ3v) is 2.15. The van der Waals surface area contributed by atoms with Crippen LogP contribution in [0.3, 0.4) is 0 Å². The second kappa shape index (κ2) is 19.3. The summed E-state index contributed by atoms with van der Waals surface area (Å²) in [6, 6.07) is 12.7. The van der Waals surface area contributed by atoms with Crippen molar-refractivity contribution in [3.63, 3.8) is 0 Å². The lowest BCUT2D eigenvalue weighted by molar-refractivity contribution is 0.932. The molecule has 0 fully saturated rings. The average Bonchev–Trinajstić information content (AvgIpc) is 2.57. The van der Waals surface area contributed by atoms with E-state index in [0.29, 0.717) is 16.7 Å². The van der Waals surface area contributed by atoms with Crippen molar-refractivity contribution in [2.75, 3.05) is 6.54 Å².